The van der Waals surface area contributed by atoms with E-state index in [4.69, 9.17) is 0 Å². The Morgan fingerprint density at radius 2 is 1.58 bits per heavy atom. The van der Waals surface area contributed by atoms with Crippen molar-refractivity contribution in [2.24, 2.45) is 11.8 Å². The normalized spacial score (nSPS) is 18.2. The second-order valence-electron chi connectivity index (χ2n) is 10.1. The van der Waals surface area contributed by atoms with Crippen molar-refractivity contribution >= 4 is 10.8 Å². The van der Waals surface area contributed by atoms with E-state index in [0.717, 1.165) is 35.6 Å². The van der Waals surface area contributed by atoms with Gasteiger partial charge in [-0.25, -0.2) is 4.39 Å². The minimum atomic E-state index is -0.210. The van der Waals surface area contributed by atoms with E-state index in [9.17, 15) is 0 Å². The fraction of sp³-hybridized carbons (Fsp3) is 0.438. The molecule has 0 bridgehead atoms. The molecule has 3 aromatic rings. The van der Waals surface area contributed by atoms with Crippen molar-refractivity contribution in [1.29, 1.82) is 0 Å². The van der Waals surface area contributed by atoms with Crippen LogP contribution in [0.1, 0.15) is 87.5 Å². The van der Waals surface area contributed by atoms with Gasteiger partial charge < -0.3 is 0 Å². The lowest BCUT2D eigenvalue weighted by molar-refractivity contribution is 0.278. The van der Waals surface area contributed by atoms with E-state index in [2.05, 4.69) is 62.1 Å². The monoisotopic (exact) mass is 440 g/mol. The zero-order chi connectivity index (χ0) is 23.0. The second kappa shape index (κ2) is 11.5. The second-order valence-corrected chi connectivity index (χ2v) is 10.1. The van der Waals surface area contributed by atoms with Gasteiger partial charge in [0.2, 0.25) is 0 Å². The summed E-state index contributed by atoms with van der Waals surface area (Å²) >= 11 is 0. The first kappa shape index (κ1) is 23.6. The highest BCUT2D eigenvalue weighted by Gasteiger charge is 2.17. The van der Waals surface area contributed by atoms with E-state index in [1.54, 1.807) is 0 Å². The van der Waals surface area contributed by atoms with Crippen LogP contribution in [0.3, 0.4) is 0 Å². The Kier molecular flexibility index (Phi) is 8.22. The molecule has 0 amide bonds. The maximum absolute atomic E-state index is 15.1. The predicted molar refractivity (Wildman–Crippen MR) is 139 cm³/mol. The van der Waals surface area contributed by atoms with Crippen LogP contribution in [0.5, 0.6) is 0 Å². The molecule has 33 heavy (non-hydrogen) atoms. The molecule has 172 valence electrons. The molecular formula is C32H37F. The van der Waals surface area contributed by atoms with Gasteiger partial charge in [-0.05, 0) is 72.2 Å². The summed E-state index contributed by atoms with van der Waals surface area (Å²) in [5.74, 6) is 7.82. The van der Waals surface area contributed by atoms with E-state index in [1.165, 1.54) is 62.5 Å². The molecule has 4 rings (SSSR count). The lowest BCUT2D eigenvalue weighted by Gasteiger charge is -2.26. The first-order valence-electron chi connectivity index (χ1n) is 12.9. The standard InChI is InChI=1S/C32H37F/c1-3-4-5-6-28-18-22-31-30(23-28)21-20-29(32(31)33)19-17-27-15-13-26(14-16-27)12-11-25-9-7-24(2)8-10-25/h13-16,18,20-25H,3-12H2,1-2H3. The summed E-state index contributed by atoms with van der Waals surface area (Å²) in [4.78, 5) is 0. The maximum Gasteiger partial charge on any atom is 0.146 e. The lowest BCUT2D eigenvalue weighted by atomic mass is 9.80. The molecule has 0 atom stereocenters. The Labute approximate surface area is 199 Å². The summed E-state index contributed by atoms with van der Waals surface area (Å²) in [5, 5.41) is 1.62. The number of halogens is 1. The number of rotatable bonds is 7. The van der Waals surface area contributed by atoms with E-state index in [-0.39, 0.29) is 5.82 Å². The van der Waals surface area contributed by atoms with Gasteiger partial charge in [-0.1, -0.05) is 101 Å². The third-order valence-corrected chi connectivity index (χ3v) is 7.36. The SMILES string of the molecule is CCCCCc1ccc2c(F)c(C#Cc3ccc(CCC4CCC(C)CC4)cc3)ccc2c1. The number of benzene rings is 3. The molecular weight excluding hydrogens is 403 g/mol. The molecule has 1 aliphatic carbocycles. The van der Waals surface area contributed by atoms with Crippen LogP contribution in [-0.4, -0.2) is 0 Å². The van der Waals surface area contributed by atoms with Gasteiger partial charge in [-0.3, -0.25) is 0 Å². The summed E-state index contributed by atoms with van der Waals surface area (Å²) in [6.45, 7) is 4.59. The Bertz CT molecular complexity index is 1100. The highest BCUT2D eigenvalue weighted by atomic mass is 19.1. The average molecular weight is 441 g/mol. The summed E-state index contributed by atoms with van der Waals surface area (Å²) < 4.78 is 15.1. The van der Waals surface area contributed by atoms with Gasteiger partial charge in [-0.2, -0.15) is 0 Å². The van der Waals surface area contributed by atoms with Crippen LogP contribution in [0.15, 0.2) is 54.6 Å². The van der Waals surface area contributed by atoms with Gasteiger partial charge in [0.15, 0.2) is 0 Å². The fourth-order valence-electron chi connectivity index (χ4n) is 5.06. The number of unbranched alkanes of at least 4 members (excludes halogenated alkanes) is 2. The molecule has 0 aromatic heterocycles. The van der Waals surface area contributed by atoms with Crippen molar-refractivity contribution in [2.45, 2.75) is 78.1 Å². The fourth-order valence-corrected chi connectivity index (χ4v) is 5.06. The van der Waals surface area contributed by atoms with E-state index < -0.39 is 0 Å². The van der Waals surface area contributed by atoms with Crippen molar-refractivity contribution in [3.8, 4) is 11.8 Å². The van der Waals surface area contributed by atoms with Crippen LogP contribution in [0.25, 0.3) is 10.8 Å². The third-order valence-electron chi connectivity index (χ3n) is 7.36. The molecule has 1 saturated carbocycles. The molecule has 0 heterocycles. The van der Waals surface area contributed by atoms with Gasteiger partial charge in [0, 0.05) is 10.9 Å². The summed E-state index contributed by atoms with van der Waals surface area (Å²) in [6, 6.07) is 18.4. The van der Waals surface area contributed by atoms with Crippen molar-refractivity contribution in [3.05, 3.63) is 82.7 Å². The minimum Gasteiger partial charge on any atom is -0.205 e. The molecule has 0 unspecified atom stereocenters. The molecule has 3 aromatic carbocycles. The molecule has 0 nitrogen and oxygen atoms in total. The van der Waals surface area contributed by atoms with Gasteiger partial charge in [-0.15, -0.1) is 0 Å². The van der Waals surface area contributed by atoms with Crippen molar-refractivity contribution in [2.75, 3.05) is 0 Å². The quantitative estimate of drug-likeness (QED) is 0.254. The Morgan fingerprint density at radius 3 is 2.33 bits per heavy atom. The lowest BCUT2D eigenvalue weighted by Crippen LogP contribution is -2.12. The Balaban J connectivity index is 1.39. The zero-order valence-corrected chi connectivity index (χ0v) is 20.3. The van der Waals surface area contributed by atoms with E-state index in [0.29, 0.717) is 10.9 Å². The van der Waals surface area contributed by atoms with Crippen LogP contribution in [-0.2, 0) is 12.8 Å². The summed E-state index contributed by atoms with van der Waals surface area (Å²) in [5.41, 5.74) is 4.07. The molecule has 1 heteroatoms. The number of hydrogen-bond donors (Lipinski definition) is 0. The first-order chi connectivity index (χ1) is 16.1. The largest absolute Gasteiger partial charge is 0.205 e. The van der Waals surface area contributed by atoms with E-state index in [1.807, 2.05) is 18.2 Å². The zero-order valence-electron chi connectivity index (χ0n) is 20.3. The molecule has 0 spiro atoms. The van der Waals surface area contributed by atoms with Gasteiger partial charge in [0.1, 0.15) is 5.82 Å². The minimum absolute atomic E-state index is 0.210. The van der Waals surface area contributed by atoms with Crippen molar-refractivity contribution < 1.29 is 4.39 Å². The topological polar surface area (TPSA) is 0 Å². The average Bonchev–Trinajstić information content (AvgIpc) is 2.84. The maximum atomic E-state index is 15.1. The highest BCUT2D eigenvalue weighted by molar-refractivity contribution is 5.85. The van der Waals surface area contributed by atoms with E-state index >= 15 is 4.39 Å². The van der Waals surface area contributed by atoms with Gasteiger partial charge >= 0.3 is 0 Å². The molecule has 1 aliphatic rings. The smallest absolute Gasteiger partial charge is 0.146 e. The first-order valence-corrected chi connectivity index (χ1v) is 12.9. The van der Waals surface area contributed by atoms with Crippen LogP contribution in [0, 0.1) is 29.5 Å². The predicted octanol–water partition coefficient (Wildman–Crippen LogP) is 8.87. The van der Waals surface area contributed by atoms with Crippen LogP contribution < -0.4 is 0 Å². The molecule has 0 saturated heterocycles. The van der Waals surface area contributed by atoms with Crippen LogP contribution in [0.2, 0.25) is 0 Å². The Hall–Kier alpha value is -2.59. The molecule has 0 radical (unpaired) electrons. The summed E-state index contributed by atoms with van der Waals surface area (Å²) in [6.07, 6.45) is 12.7. The number of aryl methyl sites for hydroxylation is 2. The Morgan fingerprint density at radius 1 is 0.818 bits per heavy atom. The highest BCUT2D eigenvalue weighted by Crippen LogP contribution is 2.31. The van der Waals surface area contributed by atoms with Crippen molar-refractivity contribution in [3.63, 3.8) is 0 Å². The van der Waals surface area contributed by atoms with Gasteiger partial charge in [0.25, 0.3) is 0 Å². The third kappa shape index (κ3) is 6.48. The number of fused-ring (bicyclic) bond motifs is 1. The number of hydrogen-bond acceptors (Lipinski definition) is 0. The van der Waals surface area contributed by atoms with Crippen molar-refractivity contribution in [1.82, 2.24) is 0 Å². The van der Waals surface area contributed by atoms with Crippen LogP contribution >= 0.6 is 0 Å². The molecule has 1 fully saturated rings. The molecule has 0 N–H and O–H groups in total. The van der Waals surface area contributed by atoms with Gasteiger partial charge in [0.05, 0.1) is 5.56 Å². The summed E-state index contributed by atoms with van der Waals surface area (Å²) in [7, 11) is 0. The van der Waals surface area contributed by atoms with Crippen LogP contribution in [0.4, 0.5) is 4.39 Å². The molecule has 0 aliphatic heterocycles.